The number of hydrogen-bond donors (Lipinski definition) is 4. The van der Waals surface area contributed by atoms with Gasteiger partial charge in [0.2, 0.25) is 0 Å². The molecule has 2 aliphatic rings. The van der Waals surface area contributed by atoms with Crippen molar-refractivity contribution in [2.45, 2.75) is 44.8 Å². The Morgan fingerprint density at radius 2 is 1.92 bits per heavy atom. The molecule has 6 heterocycles. The highest BCUT2D eigenvalue weighted by Crippen LogP contribution is 2.33. The summed E-state index contributed by atoms with van der Waals surface area (Å²) in [5, 5.41) is 22.2. The van der Waals surface area contributed by atoms with Crippen molar-refractivity contribution in [2.24, 2.45) is 5.92 Å². The fourth-order valence-corrected chi connectivity index (χ4v) is 5.36. The fraction of sp³-hybridized carbons (Fsp3) is 0.370. The number of fused-ring (bicyclic) bond motifs is 2. The van der Waals surface area contributed by atoms with Crippen LogP contribution in [0.15, 0.2) is 43.0 Å². The SMILES string of the molecule is OC(Nc1cncc(-c2cc3c(-c4nc5c(N6CCCCC6)ccnc5[nH]4)n[nH]c3cn2)c1)C1CCC1. The molecule has 1 saturated heterocycles. The molecule has 1 aliphatic heterocycles. The van der Waals surface area contributed by atoms with Gasteiger partial charge in [-0.15, -0.1) is 0 Å². The second kappa shape index (κ2) is 9.11. The molecule has 1 atom stereocenters. The Kier molecular flexibility index (Phi) is 5.46. The predicted octanol–water partition coefficient (Wildman–Crippen LogP) is 4.48. The molecule has 0 amide bonds. The van der Waals surface area contributed by atoms with Crippen LogP contribution in [0.4, 0.5) is 11.4 Å². The molecule has 5 aromatic heterocycles. The van der Waals surface area contributed by atoms with Crippen molar-refractivity contribution in [2.75, 3.05) is 23.3 Å². The smallest absolute Gasteiger partial charge is 0.161 e. The van der Waals surface area contributed by atoms with Gasteiger partial charge in [-0.1, -0.05) is 6.42 Å². The van der Waals surface area contributed by atoms with Gasteiger partial charge in [-0.05, 0) is 50.3 Å². The van der Waals surface area contributed by atoms with E-state index in [9.17, 15) is 5.11 Å². The van der Waals surface area contributed by atoms with E-state index in [1.165, 1.54) is 25.7 Å². The van der Waals surface area contributed by atoms with Crippen LogP contribution in [0.1, 0.15) is 38.5 Å². The highest BCUT2D eigenvalue weighted by atomic mass is 16.3. The number of aromatic amines is 2. The third kappa shape index (κ3) is 4.07. The van der Waals surface area contributed by atoms with Crippen molar-refractivity contribution in [1.82, 2.24) is 35.1 Å². The molecule has 1 unspecified atom stereocenters. The zero-order valence-corrected chi connectivity index (χ0v) is 20.5. The van der Waals surface area contributed by atoms with Gasteiger partial charge in [-0.3, -0.25) is 15.1 Å². The van der Waals surface area contributed by atoms with Gasteiger partial charge in [0, 0.05) is 42.4 Å². The summed E-state index contributed by atoms with van der Waals surface area (Å²) in [4.78, 5) is 24.3. The molecule has 37 heavy (non-hydrogen) atoms. The number of aromatic nitrogens is 7. The number of H-pyrrole nitrogens is 2. The highest BCUT2D eigenvalue weighted by molar-refractivity contribution is 5.96. The van der Waals surface area contributed by atoms with Crippen LogP contribution in [0.5, 0.6) is 0 Å². The molecule has 2 fully saturated rings. The van der Waals surface area contributed by atoms with Gasteiger partial charge >= 0.3 is 0 Å². The first-order valence-corrected chi connectivity index (χ1v) is 13.1. The summed E-state index contributed by atoms with van der Waals surface area (Å²) in [6, 6.07) is 6.03. The molecule has 0 aromatic carbocycles. The molecular formula is C27H29N9O. The summed E-state index contributed by atoms with van der Waals surface area (Å²) < 4.78 is 0. The van der Waals surface area contributed by atoms with Gasteiger partial charge in [0.15, 0.2) is 11.5 Å². The van der Waals surface area contributed by atoms with E-state index in [0.29, 0.717) is 11.7 Å². The van der Waals surface area contributed by atoms with Crippen molar-refractivity contribution in [3.63, 3.8) is 0 Å². The predicted molar refractivity (Wildman–Crippen MR) is 143 cm³/mol. The van der Waals surface area contributed by atoms with Gasteiger partial charge < -0.3 is 20.3 Å². The average Bonchev–Trinajstić information content (AvgIpc) is 3.52. The quantitative estimate of drug-likeness (QED) is 0.254. The molecule has 10 heteroatoms. The number of nitrogens with zero attached hydrogens (tertiary/aromatic N) is 6. The number of aliphatic hydroxyl groups is 1. The van der Waals surface area contributed by atoms with Crippen LogP contribution in [0.25, 0.3) is 44.8 Å². The first kappa shape index (κ1) is 22.2. The molecule has 1 aliphatic carbocycles. The number of rotatable bonds is 6. The van der Waals surface area contributed by atoms with E-state index >= 15 is 0 Å². The van der Waals surface area contributed by atoms with Gasteiger partial charge in [-0.2, -0.15) is 5.10 Å². The van der Waals surface area contributed by atoms with Crippen LogP contribution < -0.4 is 10.2 Å². The van der Waals surface area contributed by atoms with Crippen LogP contribution in [0, 0.1) is 5.92 Å². The normalized spacial score (nSPS) is 17.3. The van der Waals surface area contributed by atoms with Crippen LogP contribution in [-0.2, 0) is 0 Å². The van der Waals surface area contributed by atoms with Gasteiger partial charge in [-0.25, -0.2) is 9.97 Å². The fourth-order valence-electron chi connectivity index (χ4n) is 5.36. The largest absolute Gasteiger partial charge is 0.374 e. The topological polar surface area (TPSA) is 132 Å². The number of hydrogen-bond acceptors (Lipinski definition) is 8. The molecule has 5 aromatic rings. The van der Waals surface area contributed by atoms with Crippen LogP contribution in [0.2, 0.25) is 0 Å². The zero-order valence-electron chi connectivity index (χ0n) is 20.5. The lowest BCUT2D eigenvalue weighted by Gasteiger charge is -2.31. The Labute approximate surface area is 213 Å². The molecule has 0 radical (unpaired) electrons. The van der Waals surface area contributed by atoms with Crippen molar-refractivity contribution < 1.29 is 5.11 Å². The van der Waals surface area contributed by atoms with E-state index in [-0.39, 0.29) is 0 Å². The molecular weight excluding hydrogens is 466 g/mol. The van der Waals surface area contributed by atoms with E-state index in [0.717, 1.165) is 76.3 Å². The van der Waals surface area contributed by atoms with Crippen molar-refractivity contribution in [1.29, 1.82) is 0 Å². The first-order valence-electron chi connectivity index (χ1n) is 13.1. The van der Waals surface area contributed by atoms with E-state index in [4.69, 9.17) is 4.98 Å². The summed E-state index contributed by atoms with van der Waals surface area (Å²) in [5.74, 6) is 0.980. The highest BCUT2D eigenvalue weighted by Gasteiger charge is 2.25. The Hall–Kier alpha value is -4.05. The molecule has 0 spiro atoms. The second-order valence-electron chi connectivity index (χ2n) is 10.1. The van der Waals surface area contributed by atoms with Crippen molar-refractivity contribution >= 4 is 33.4 Å². The maximum Gasteiger partial charge on any atom is 0.161 e. The standard InChI is InChI=1S/C27H29N9O/c37-27(16-5-4-6-16)31-18-11-17(13-28-14-18)20-12-19-21(15-30-20)34-35-23(19)26-32-24-22(7-8-29-25(24)33-26)36-9-2-1-3-10-36/h7-8,11-16,27,31,37H,1-6,9-10H2,(H,34,35)(H,29,32,33). The summed E-state index contributed by atoms with van der Waals surface area (Å²) >= 11 is 0. The molecule has 10 nitrogen and oxygen atoms in total. The maximum atomic E-state index is 10.4. The molecule has 4 N–H and O–H groups in total. The van der Waals surface area contributed by atoms with Crippen molar-refractivity contribution in [3.05, 3.63) is 43.0 Å². The van der Waals surface area contributed by atoms with Crippen LogP contribution >= 0.6 is 0 Å². The number of piperidine rings is 1. The molecule has 1 saturated carbocycles. The van der Waals surface area contributed by atoms with Gasteiger partial charge in [0.25, 0.3) is 0 Å². The number of aliphatic hydroxyl groups excluding tert-OH is 1. The maximum absolute atomic E-state index is 10.4. The van der Waals surface area contributed by atoms with E-state index < -0.39 is 6.23 Å². The van der Waals surface area contributed by atoms with Crippen LogP contribution in [-0.4, -0.2) is 59.5 Å². The molecule has 7 rings (SSSR count). The number of pyridine rings is 3. The monoisotopic (exact) mass is 495 g/mol. The minimum absolute atomic E-state index is 0.306. The average molecular weight is 496 g/mol. The third-order valence-corrected chi connectivity index (χ3v) is 7.68. The first-order chi connectivity index (χ1) is 18.2. The second-order valence-corrected chi connectivity index (χ2v) is 10.1. The minimum atomic E-state index is -0.557. The number of anilines is 2. The Balaban J connectivity index is 1.23. The Bertz CT molecular complexity index is 1570. The summed E-state index contributed by atoms with van der Waals surface area (Å²) in [6.07, 6.45) is 13.6. The third-order valence-electron chi connectivity index (χ3n) is 7.68. The van der Waals surface area contributed by atoms with E-state index in [1.807, 2.05) is 18.3 Å². The summed E-state index contributed by atoms with van der Waals surface area (Å²) in [7, 11) is 0. The lowest BCUT2D eigenvalue weighted by atomic mass is 9.84. The number of imidazole rings is 1. The Morgan fingerprint density at radius 1 is 1.03 bits per heavy atom. The zero-order chi connectivity index (χ0) is 24.8. The van der Waals surface area contributed by atoms with Crippen LogP contribution in [0.3, 0.4) is 0 Å². The molecule has 0 bridgehead atoms. The summed E-state index contributed by atoms with van der Waals surface area (Å²) in [5.41, 5.74) is 6.71. The van der Waals surface area contributed by atoms with Gasteiger partial charge in [0.1, 0.15) is 17.4 Å². The summed E-state index contributed by atoms with van der Waals surface area (Å²) in [6.45, 7) is 2.09. The van der Waals surface area contributed by atoms with Gasteiger partial charge in [0.05, 0.1) is 35.0 Å². The molecule has 188 valence electrons. The number of nitrogens with one attached hydrogen (secondary N) is 3. The lowest BCUT2D eigenvalue weighted by molar-refractivity contribution is 0.0851. The van der Waals surface area contributed by atoms with E-state index in [1.54, 1.807) is 18.6 Å². The van der Waals surface area contributed by atoms with E-state index in [2.05, 4.69) is 46.4 Å². The minimum Gasteiger partial charge on any atom is -0.374 e. The van der Waals surface area contributed by atoms with Crippen molar-refractivity contribution in [3.8, 4) is 22.8 Å². The Morgan fingerprint density at radius 3 is 2.76 bits per heavy atom. The lowest BCUT2D eigenvalue weighted by Crippen LogP contribution is -2.33.